The molecule has 0 bridgehead atoms. The van der Waals surface area contributed by atoms with E-state index in [1.54, 1.807) is 6.26 Å². The molecule has 1 unspecified atom stereocenters. The molecule has 17 heavy (non-hydrogen) atoms. The topological polar surface area (TPSA) is 38.1 Å². The summed E-state index contributed by atoms with van der Waals surface area (Å²) in [6, 6.07) is 8.24. The number of hydrogen-bond donors (Lipinski definition) is 1. The smallest absolute Gasteiger partial charge is 0.105 e. The van der Waals surface area contributed by atoms with E-state index in [9.17, 15) is 0 Å². The van der Waals surface area contributed by atoms with Gasteiger partial charge in [-0.1, -0.05) is 13.0 Å². The largest absolute Gasteiger partial charge is 0.469 e. The van der Waals surface area contributed by atoms with E-state index in [-0.39, 0.29) is 6.04 Å². The Morgan fingerprint density at radius 3 is 2.88 bits per heavy atom. The van der Waals surface area contributed by atoms with E-state index in [0.717, 1.165) is 24.3 Å². The van der Waals surface area contributed by atoms with Gasteiger partial charge in [-0.25, -0.2) is 0 Å². The van der Waals surface area contributed by atoms with E-state index in [1.807, 2.05) is 31.4 Å². The second-order valence-corrected chi connectivity index (χ2v) is 4.03. The first-order valence-corrected chi connectivity index (χ1v) is 5.98. The number of likely N-dealkylation sites (N-methyl/N-ethyl adjacent to an activating group) is 1. The summed E-state index contributed by atoms with van der Waals surface area (Å²) in [5, 5.41) is 3.31. The minimum Gasteiger partial charge on any atom is -0.469 e. The zero-order chi connectivity index (χ0) is 12.1. The molecule has 0 radical (unpaired) electrons. The highest BCUT2D eigenvalue weighted by Crippen LogP contribution is 2.20. The van der Waals surface area contributed by atoms with Crippen molar-refractivity contribution in [2.45, 2.75) is 25.8 Å². The van der Waals surface area contributed by atoms with Gasteiger partial charge >= 0.3 is 0 Å². The van der Waals surface area contributed by atoms with Gasteiger partial charge in [0.15, 0.2) is 0 Å². The van der Waals surface area contributed by atoms with Gasteiger partial charge in [0.25, 0.3) is 0 Å². The van der Waals surface area contributed by atoms with Crippen LogP contribution in [0.15, 0.2) is 41.1 Å². The maximum absolute atomic E-state index is 5.39. The van der Waals surface area contributed by atoms with Crippen LogP contribution in [0.4, 0.5) is 0 Å². The van der Waals surface area contributed by atoms with Gasteiger partial charge in [0.05, 0.1) is 18.0 Å². The minimum absolute atomic E-state index is 0.206. The molecule has 0 fully saturated rings. The normalized spacial score (nSPS) is 12.6. The maximum atomic E-state index is 5.39. The molecule has 1 N–H and O–H groups in total. The van der Waals surface area contributed by atoms with Gasteiger partial charge in [0.2, 0.25) is 0 Å². The molecule has 2 heterocycles. The molecular weight excluding hydrogens is 212 g/mol. The summed E-state index contributed by atoms with van der Waals surface area (Å²) in [6.07, 6.45) is 5.38. The predicted octanol–water partition coefficient (Wildman–Crippen LogP) is 2.74. The Morgan fingerprint density at radius 2 is 2.24 bits per heavy atom. The van der Waals surface area contributed by atoms with E-state index >= 15 is 0 Å². The van der Waals surface area contributed by atoms with Gasteiger partial charge in [0.1, 0.15) is 5.76 Å². The van der Waals surface area contributed by atoms with Crippen molar-refractivity contribution in [2.24, 2.45) is 0 Å². The molecule has 1 atom stereocenters. The summed E-state index contributed by atoms with van der Waals surface area (Å²) in [5.41, 5.74) is 2.41. The van der Waals surface area contributed by atoms with Crippen molar-refractivity contribution >= 4 is 0 Å². The van der Waals surface area contributed by atoms with Crippen LogP contribution in [0.25, 0.3) is 0 Å². The van der Waals surface area contributed by atoms with Gasteiger partial charge in [-0.3, -0.25) is 4.98 Å². The molecule has 0 aliphatic heterocycles. The van der Waals surface area contributed by atoms with Crippen molar-refractivity contribution in [2.75, 3.05) is 7.05 Å². The van der Waals surface area contributed by atoms with Gasteiger partial charge in [-0.2, -0.15) is 0 Å². The highest BCUT2D eigenvalue weighted by molar-refractivity contribution is 5.24. The van der Waals surface area contributed by atoms with Gasteiger partial charge in [0, 0.05) is 12.6 Å². The number of pyridine rings is 1. The van der Waals surface area contributed by atoms with Crippen LogP contribution in [0, 0.1) is 0 Å². The number of hydrogen-bond acceptors (Lipinski definition) is 3. The molecule has 2 aromatic rings. The third-order valence-electron chi connectivity index (χ3n) is 2.97. The van der Waals surface area contributed by atoms with Crippen LogP contribution in [0.2, 0.25) is 0 Å². The molecule has 0 aliphatic carbocycles. The highest BCUT2D eigenvalue weighted by atomic mass is 16.3. The number of nitrogens with one attached hydrogen (secondary N) is 1. The quantitative estimate of drug-likeness (QED) is 0.858. The summed E-state index contributed by atoms with van der Waals surface area (Å²) in [4.78, 5) is 4.50. The van der Waals surface area contributed by atoms with E-state index in [2.05, 4.69) is 23.3 Å². The van der Waals surface area contributed by atoms with Crippen LogP contribution in [0.1, 0.15) is 30.0 Å². The number of nitrogens with zero attached hydrogens (tertiary/aromatic N) is 1. The SMILES string of the molecule is CCc1cccnc1C(Cc1ccco1)NC. The third kappa shape index (κ3) is 2.74. The lowest BCUT2D eigenvalue weighted by Gasteiger charge is -2.17. The molecule has 0 saturated heterocycles. The monoisotopic (exact) mass is 230 g/mol. The Hall–Kier alpha value is -1.61. The summed E-state index contributed by atoms with van der Waals surface area (Å²) in [6.45, 7) is 2.15. The van der Waals surface area contributed by atoms with Crippen molar-refractivity contribution in [1.29, 1.82) is 0 Å². The van der Waals surface area contributed by atoms with E-state index in [1.165, 1.54) is 5.56 Å². The van der Waals surface area contributed by atoms with Crippen molar-refractivity contribution in [3.63, 3.8) is 0 Å². The Labute approximate surface area is 102 Å². The highest BCUT2D eigenvalue weighted by Gasteiger charge is 2.15. The van der Waals surface area contributed by atoms with Crippen molar-refractivity contribution in [1.82, 2.24) is 10.3 Å². The zero-order valence-electron chi connectivity index (χ0n) is 10.3. The number of rotatable bonds is 5. The summed E-state index contributed by atoms with van der Waals surface area (Å²) >= 11 is 0. The average molecular weight is 230 g/mol. The Balaban J connectivity index is 2.22. The molecule has 0 spiro atoms. The van der Waals surface area contributed by atoms with Crippen molar-refractivity contribution in [3.05, 3.63) is 53.7 Å². The maximum Gasteiger partial charge on any atom is 0.105 e. The minimum atomic E-state index is 0.206. The molecule has 0 amide bonds. The second-order valence-electron chi connectivity index (χ2n) is 4.03. The fraction of sp³-hybridized carbons (Fsp3) is 0.357. The fourth-order valence-electron chi connectivity index (χ4n) is 2.03. The lowest BCUT2D eigenvalue weighted by atomic mass is 10.0. The summed E-state index contributed by atoms with van der Waals surface area (Å²) in [7, 11) is 1.96. The molecule has 0 aliphatic rings. The average Bonchev–Trinajstić information content (AvgIpc) is 2.89. The van der Waals surface area contributed by atoms with Gasteiger partial charge in [-0.15, -0.1) is 0 Å². The van der Waals surface area contributed by atoms with Crippen LogP contribution < -0.4 is 5.32 Å². The Bertz CT molecular complexity index is 451. The molecular formula is C14H18N2O. The first-order chi connectivity index (χ1) is 8.35. The van der Waals surface area contributed by atoms with Crippen LogP contribution in [0.5, 0.6) is 0 Å². The van der Waals surface area contributed by atoms with Crippen LogP contribution in [0.3, 0.4) is 0 Å². The Morgan fingerprint density at radius 1 is 1.35 bits per heavy atom. The number of aryl methyl sites for hydroxylation is 1. The third-order valence-corrected chi connectivity index (χ3v) is 2.97. The van der Waals surface area contributed by atoms with Crippen LogP contribution in [-0.2, 0) is 12.8 Å². The Kier molecular flexibility index (Phi) is 3.94. The molecule has 0 saturated carbocycles. The van der Waals surface area contributed by atoms with E-state index in [0.29, 0.717) is 0 Å². The fourth-order valence-corrected chi connectivity index (χ4v) is 2.03. The summed E-state index contributed by atoms with van der Waals surface area (Å²) in [5.74, 6) is 0.983. The molecule has 2 aromatic heterocycles. The first-order valence-electron chi connectivity index (χ1n) is 5.98. The second kappa shape index (κ2) is 5.64. The van der Waals surface area contributed by atoms with E-state index < -0.39 is 0 Å². The van der Waals surface area contributed by atoms with Crippen molar-refractivity contribution in [3.8, 4) is 0 Å². The van der Waals surface area contributed by atoms with Gasteiger partial charge in [-0.05, 0) is 37.2 Å². The van der Waals surface area contributed by atoms with Crippen molar-refractivity contribution < 1.29 is 4.42 Å². The van der Waals surface area contributed by atoms with Crippen LogP contribution in [-0.4, -0.2) is 12.0 Å². The lowest BCUT2D eigenvalue weighted by molar-refractivity contribution is 0.460. The molecule has 3 nitrogen and oxygen atoms in total. The lowest BCUT2D eigenvalue weighted by Crippen LogP contribution is -2.21. The van der Waals surface area contributed by atoms with Crippen LogP contribution >= 0.6 is 0 Å². The number of furan rings is 1. The molecule has 90 valence electrons. The van der Waals surface area contributed by atoms with Gasteiger partial charge < -0.3 is 9.73 Å². The summed E-state index contributed by atoms with van der Waals surface area (Å²) < 4.78 is 5.39. The molecule has 2 rings (SSSR count). The van der Waals surface area contributed by atoms with E-state index in [4.69, 9.17) is 4.42 Å². The number of aromatic nitrogens is 1. The standard InChI is InChI=1S/C14H18N2O/c1-3-11-6-4-8-16-14(11)13(15-2)10-12-7-5-9-17-12/h4-9,13,15H,3,10H2,1-2H3. The molecule has 3 heteroatoms. The predicted molar refractivity (Wildman–Crippen MR) is 67.8 cm³/mol. The first kappa shape index (κ1) is 11.9. The molecule has 0 aromatic carbocycles. The zero-order valence-corrected chi connectivity index (χ0v) is 10.3.